The molecular weight excluding hydrogens is 560 g/mol. The van der Waals surface area contributed by atoms with Gasteiger partial charge in [-0.15, -0.1) is 0 Å². The minimum absolute atomic E-state index is 0.826. The van der Waals surface area contributed by atoms with E-state index in [-0.39, 0.29) is 0 Å². The van der Waals surface area contributed by atoms with Gasteiger partial charge in [-0.2, -0.15) is 0 Å². The number of fused-ring (bicyclic) bond motifs is 7. The van der Waals surface area contributed by atoms with Crippen molar-refractivity contribution in [3.8, 4) is 33.6 Å². The van der Waals surface area contributed by atoms with E-state index in [4.69, 9.17) is 8.83 Å². The fourth-order valence-corrected chi connectivity index (χ4v) is 7.31. The maximum atomic E-state index is 6.39. The van der Waals surface area contributed by atoms with Gasteiger partial charge in [0.15, 0.2) is 0 Å². The molecule has 0 atom stereocenters. The molecule has 0 bridgehead atoms. The molecule has 0 saturated heterocycles. The highest BCUT2D eigenvalue weighted by Gasteiger charge is 2.19. The normalized spacial score (nSPS) is 11.9. The molecule has 0 amide bonds. The molecule has 0 unspecified atom stereocenters. The molecule has 2 heterocycles. The lowest BCUT2D eigenvalue weighted by Gasteiger charge is -2.18. The Balaban J connectivity index is 1.21. The Kier molecular flexibility index (Phi) is 5.31. The highest BCUT2D eigenvalue weighted by Crippen LogP contribution is 2.45. The molecule has 2 heteroatoms. The summed E-state index contributed by atoms with van der Waals surface area (Å²) in [6.45, 7) is 0. The van der Waals surface area contributed by atoms with Crippen molar-refractivity contribution >= 4 is 65.2 Å². The Morgan fingerprint density at radius 3 is 1.59 bits per heavy atom. The summed E-state index contributed by atoms with van der Waals surface area (Å²) in [7, 11) is 0. The summed E-state index contributed by atoms with van der Waals surface area (Å²) in [5, 5.41) is 10.7. The molecule has 0 radical (unpaired) electrons. The van der Waals surface area contributed by atoms with Gasteiger partial charge in [-0.1, -0.05) is 121 Å². The van der Waals surface area contributed by atoms with Gasteiger partial charge in [0.25, 0.3) is 0 Å². The fourth-order valence-electron chi connectivity index (χ4n) is 7.31. The van der Waals surface area contributed by atoms with Crippen LogP contribution in [0.3, 0.4) is 0 Å². The highest BCUT2D eigenvalue weighted by molar-refractivity contribution is 6.22. The van der Waals surface area contributed by atoms with Gasteiger partial charge in [0.05, 0.1) is 0 Å². The Morgan fingerprint density at radius 1 is 0.283 bits per heavy atom. The predicted molar refractivity (Wildman–Crippen MR) is 192 cm³/mol. The lowest BCUT2D eigenvalue weighted by molar-refractivity contribution is 0.628. The van der Waals surface area contributed by atoms with Crippen LogP contribution < -0.4 is 0 Å². The first-order valence-electron chi connectivity index (χ1n) is 15.7. The highest BCUT2D eigenvalue weighted by atomic mass is 16.3. The predicted octanol–water partition coefficient (Wildman–Crippen LogP) is 12.8. The second-order valence-electron chi connectivity index (χ2n) is 12.1. The molecule has 46 heavy (non-hydrogen) atoms. The van der Waals surface area contributed by atoms with E-state index in [1.807, 2.05) is 24.3 Å². The number of hydrogen-bond acceptors (Lipinski definition) is 2. The van der Waals surface area contributed by atoms with Crippen molar-refractivity contribution in [3.63, 3.8) is 0 Å². The third-order valence-corrected chi connectivity index (χ3v) is 9.42. The second kappa shape index (κ2) is 9.69. The van der Waals surface area contributed by atoms with Gasteiger partial charge in [0, 0.05) is 27.8 Å². The Morgan fingerprint density at radius 2 is 0.870 bits per heavy atom. The van der Waals surface area contributed by atoms with Crippen molar-refractivity contribution < 1.29 is 8.83 Å². The van der Waals surface area contributed by atoms with Gasteiger partial charge in [0.1, 0.15) is 22.5 Å². The third kappa shape index (κ3) is 3.77. The van der Waals surface area contributed by atoms with E-state index in [0.717, 1.165) is 44.2 Å². The molecule has 0 aliphatic heterocycles. The molecule has 10 rings (SSSR count). The van der Waals surface area contributed by atoms with E-state index in [2.05, 4.69) is 133 Å². The van der Waals surface area contributed by atoms with Gasteiger partial charge in [-0.05, 0) is 84.9 Å². The number of rotatable bonds is 3. The summed E-state index contributed by atoms with van der Waals surface area (Å²) < 4.78 is 12.7. The maximum absolute atomic E-state index is 6.39. The molecule has 0 saturated carbocycles. The molecule has 0 N–H and O–H groups in total. The van der Waals surface area contributed by atoms with Gasteiger partial charge < -0.3 is 8.83 Å². The number of hydrogen-bond donors (Lipinski definition) is 0. The average molecular weight is 587 g/mol. The molecule has 0 spiro atoms. The lowest BCUT2D eigenvalue weighted by atomic mass is 9.85. The summed E-state index contributed by atoms with van der Waals surface area (Å²) in [6, 6.07) is 56.3. The van der Waals surface area contributed by atoms with Crippen molar-refractivity contribution in [3.05, 3.63) is 158 Å². The number of furan rings is 2. The number of benzene rings is 8. The monoisotopic (exact) mass is 586 g/mol. The third-order valence-electron chi connectivity index (χ3n) is 9.42. The van der Waals surface area contributed by atoms with Crippen LogP contribution in [0.1, 0.15) is 0 Å². The van der Waals surface area contributed by atoms with Crippen molar-refractivity contribution in [2.45, 2.75) is 0 Å². The summed E-state index contributed by atoms with van der Waals surface area (Å²) in [5.74, 6) is 0.859. The molecule has 214 valence electrons. The quantitative estimate of drug-likeness (QED) is 0.193. The van der Waals surface area contributed by atoms with Crippen molar-refractivity contribution in [2.24, 2.45) is 0 Å². The van der Waals surface area contributed by atoms with Crippen LogP contribution in [0.15, 0.2) is 167 Å². The van der Waals surface area contributed by atoms with Crippen LogP contribution in [0.4, 0.5) is 0 Å². The molecule has 8 aromatic carbocycles. The zero-order valence-corrected chi connectivity index (χ0v) is 24.8. The van der Waals surface area contributed by atoms with Crippen LogP contribution in [-0.4, -0.2) is 0 Å². The van der Waals surface area contributed by atoms with Crippen molar-refractivity contribution in [1.29, 1.82) is 0 Å². The summed E-state index contributed by atoms with van der Waals surface area (Å²) in [5.41, 5.74) is 8.50. The lowest BCUT2D eigenvalue weighted by Crippen LogP contribution is -1.91. The van der Waals surface area contributed by atoms with Crippen LogP contribution >= 0.6 is 0 Å². The molecule has 2 nitrogen and oxygen atoms in total. The zero-order chi connectivity index (χ0) is 30.2. The standard InChI is InChI=1S/C44H26O2/c1-2-11-28(12-3-1)40-25-32-24-38-37-23-31(20-21-39(37)45-42(38)26-41(32)46-40)44-35-16-8-6-14-33(35)43(34-15-7-9-17-36(34)44)30-19-18-27-10-4-5-13-29(27)22-30/h1-26H. The van der Waals surface area contributed by atoms with Gasteiger partial charge in [-0.3, -0.25) is 0 Å². The van der Waals surface area contributed by atoms with E-state index in [0.29, 0.717) is 0 Å². The second-order valence-corrected chi connectivity index (χ2v) is 12.1. The molecule has 2 aromatic heterocycles. The summed E-state index contributed by atoms with van der Waals surface area (Å²) in [4.78, 5) is 0. The topological polar surface area (TPSA) is 26.3 Å². The SMILES string of the molecule is c1ccc(-c2cc3cc4c(cc3o2)oc2ccc(-c3c5ccccc5c(-c5ccc6ccccc6c5)c5ccccc35)cc24)cc1. The van der Waals surface area contributed by atoms with E-state index in [1.54, 1.807) is 0 Å². The maximum Gasteiger partial charge on any atom is 0.139 e. The molecule has 0 aliphatic carbocycles. The Hall–Kier alpha value is -6.12. The molecule has 0 fully saturated rings. The van der Waals surface area contributed by atoms with Gasteiger partial charge >= 0.3 is 0 Å². The van der Waals surface area contributed by atoms with E-state index >= 15 is 0 Å². The van der Waals surface area contributed by atoms with Gasteiger partial charge in [-0.25, -0.2) is 0 Å². The molecule has 0 aliphatic rings. The molecule has 10 aromatic rings. The van der Waals surface area contributed by atoms with E-state index in [9.17, 15) is 0 Å². The van der Waals surface area contributed by atoms with Crippen LogP contribution in [0.5, 0.6) is 0 Å². The van der Waals surface area contributed by atoms with Gasteiger partial charge in [0.2, 0.25) is 0 Å². The fraction of sp³-hybridized carbons (Fsp3) is 0. The first kappa shape index (κ1) is 25.2. The van der Waals surface area contributed by atoms with Crippen LogP contribution in [-0.2, 0) is 0 Å². The summed E-state index contributed by atoms with van der Waals surface area (Å²) in [6.07, 6.45) is 0. The van der Waals surface area contributed by atoms with Crippen LogP contribution in [0, 0.1) is 0 Å². The summed E-state index contributed by atoms with van der Waals surface area (Å²) >= 11 is 0. The van der Waals surface area contributed by atoms with Crippen molar-refractivity contribution in [1.82, 2.24) is 0 Å². The van der Waals surface area contributed by atoms with E-state index < -0.39 is 0 Å². The first-order valence-corrected chi connectivity index (χ1v) is 15.7. The Bertz CT molecular complexity index is 2740. The van der Waals surface area contributed by atoms with Crippen LogP contribution in [0.25, 0.3) is 98.8 Å². The smallest absolute Gasteiger partial charge is 0.139 e. The largest absolute Gasteiger partial charge is 0.456 e. The molecular formula is C44H26O2. The van der Waals surface area contributed by atoms with E-state index in [1.165, 1.54) is 54.6 Å². The Labute approximate surface area is 264 Å². The van der Waals surface area contributed by atoms with Crippen LogP contribution in [0.2, 0.25) is 0 Å². The average Bonchev–Trinajstić information content (AvgIpc) is 3.70. The minimum Gasteiger partial charge on any atom is -0.456 e. The first-order chi connectivity index (χ1) is 22.8. The van der Waals surface area contributed by atoms with Crippen molar-refractivity contribution in [2.75, 3.05) is 0 Å². The zero-order valence-electron chi connectivity index (χ0n) is 24.8. The minimum atomic E-state index is 0.826.